The van der Waals surface area contributed by atoms with E-state index in [2.05, 4.69) is 179 Å². The molecule has 0 saturated carbocycles. The van der Waals surface area contributed by atoms with Crippen LogP contribution in [0.5, 0.6) is 0 Å². The van der Waals surface area contributed by atoms with Crippen LogP contribution in [0.3, 0.4) is 0 Å². The number of phosphoric acid groups is 2. The summed E-state index contributed by atoms with van der Waals surface area (Å²) < 4.78 is 61.5. The highest BCUT2D eigenvalue weighted by molar-refractivity contribution is 7.47. The SMILES string of the molecule is CC/C=C\C/C=C\C/C=C\C/C=C\C/C=C\CCCCCCCCCCCC(=O)OC(COC(=O)CCCCCCCCCCCCC/C=C\C/C=C\C/C=C\C/C=C\CCCCC)COP(=O)(O)OCC(O)COP(=O)(O)OCC(O)COC(=O)CCCCCCCCCCCCC/C=C\C/C=C\C/C=C\C/C=C\CCCCC. The van der Waals surface area contributed by atoms with Crippen LogP contribution in [0.15, 0.2) is 158 Å². The lowest BCUT2D eigenvalue weighted by Crippen LogP contribution is -2.30. The first-order valence-electron chi connectivity index (χ1n) is 45.8. The summed E-state index contributed by atoms with van der Waals surface area (Å²) in [5.41, 5.74) is 0. The summed E-state index contributed by atoms with van der Waals surface area (Å²) in [4.78, 5) is 59.0. The van der Waals surface area contributed by atoms with Gasteiger partial charge >= 0.3 is 33.6 Å². The molecule has 0 heterocycles. The molecule has 0 bridgehead atoms. The summed E-state index contributed by atoms with van der Waals surface area (Å²) in [6, 6.07) is 0. The van der Waals surface area contributed by atoms with Gasteiger partial charge in [-0.2, -0.15) is 0 Å². The van der Waals surface area contributed by atoms with E-state index in [1.54, 1.807) is 0 Å². The zero-order chi connectivity index (χ0) is 83.6. The second-order valence-corrected chi connectivity index (χ2v) is 33.3. The Morgan fingerprint density at radius 3 is 0.730 bits per heavy atom. The maximum absolute atomic E-state index is 13.1. The van der Waals surface area contributed by atoms with Crippen molar-refractivity contribution in [1.29, 1.82) is 0 Å². The molecule has 0 spiro atoms. The van der Waals surface area contributed by atoms with Crippen molar-refractivity contribution in [2.45, 2.75) is 399 Å². The van der Waals surface area contributed by atoms with Gasteiger partial charge in [-0.1, -0.05) is 365 Å². The summed E-state index contributed by atoms with van der Waals surface area (Å²) in [5.74, 6) is -1.58. The fourth-order valence-corrected chi connectivity index (χ4v) is 13.9. The van der Waals surface area contributed by atoms with Crippen molar-refractivity contribution in [2.75, 3.05) is 39.6 Å². The lowest BCUT2D eigenvalue weighted by molar-refractivity contribution is -0.161. The van der Waals surface area contributed by atoms with Crippen LogP contribution >= 0.6 is 15.6 Å². The molecular formula is C97H166O16P2. The zero-order valence-electron chi connectivity index (χ0n) is 72.7. The fourth-order valence-electron chi connectivity index (χ4n) is 12.3. The molecule has 18 heteroatoms. The molecule has 0 saturated heterocycles. The van der Waals surface area contributed by atoms with E-state index >= 15 is 0 Å². The minimum atomic E-state index is -4.95. The molecule has 0 aromatic heterocycles. The van der Waals surface area contributed by atoms with Gasteiger partial charge in [0, 0.05) is 19.3 Å². The Labute approximate surface area is 701 Å². The van der Waals surface area contributed by atoms with Gasteiger partial charge in [-0.15, -0.1) is 0 Å². The van der Waals surface area contributed by atoms with E-state index in [4.69, 9.17) is 32.3 Å². The smallest absolute Gasteiger partial charge is 0.463 e. The number of ether oxygens (including phenoxy) is 3. The lowest BCUT2D eigenvalue weighted by atomic mass is 10.0. The normalized spacial score (nSPS) is 14.5. The van der Waals surface area contributed by atoms with Gasteiger partial charge in [-0.25, -0.2) is 9.13 Å². The number of carbonyl (C=O) groups excluding carboxylic acids is 3. The number of hydrogen-bond acceptors (Lipinski definition) is 14. The number of aliphatic hydroxyl groups is 2. The van der Waals surface area contributed by atoms with Crippen molar-refractivity contribution in [1.82, 2.24) is 0 Å². The van der Waals surface area contributed by atoms with E-state index in [-0.39, 0.29) is 19.3 Å². The maximum Gasteiger partial charge on any atom is 0.472 e. The standard InChI is InChI=1S/C97H166O16P2/c1-4-7-10-13-16-19-22-25-28-31-34-37-40-43-45-48-50-53-56-59-62-65-68-71-74-77-80-83-95(100)107-86-92(98)87-109-114(103,104)110-88-93(99)89-111-115(105,106)112-91-94(113-97(102)85-82-79-76-73-70-67-64-61-58-55-52-47-42-39-36-33-30-27-24-21-18-15-12-9-6-3)90-108-96(101)84-81-78-75-72-69-66-63-60-57-54-51-49-46-44-41-38-35-32-29-26-23-20-17-14-11-8-5-2/h9,12,16-21,25-30,34-39,43-47,52,92-94,98-99H,4-8,10-11,13-15,22-24,31-33,40-42,48-51,53-91H2,1-3H3,(H,103,104)(H,105,106)/b12-9-,19-16-,20-17-,21-18-,28-25-,29-26-,30-27-,37-34-,38-35-,39-36-,45-43-,46-44-,52-47-. The van der Waals surface area contributed by atoms with Gasteiger partial charge in [0.2, 0.25) is 0 Å². The van der Waals surface area contributed by atoms with Crippen molar-refractivity contribution in [3.8, 4) is 0 Å². The van der Waals surface area contributed by atoms with Gasteiger partial charge in [0.25, 0.3) is 0 Å². The van der Waals surface area contributed by atoms with E-state index in [1.807, 2.05) is 0 Å². The number of carbonyl (C=O) groups is 3. The molecule has 16 nitrogen and oxygen atoms in total. The first-order valence-corrected chi connectivity index (χ1v) is 48.8. The lowest BCUT2D eigenvalue weighted by Gasteiger charge is -2.21. The molecule has 5 unspecified atom stereocenters. The predicted molar refractivity (Wildman–Crippen MR) is 482 cm³/mol. The molecule has 0 radical (unpaired) electrons. The third kappa shape index (κ3) is 89.8. The Morgan fingerprint density at radius 1 is 0.252 bits per heavy atom. The van der Waals surface area contributed by atoms with Crippen LogP contribution in [-0.4, -0.2) is 95.9 Å². The maximum atomic E-state index is 13.1. The molecule has 0 aliphatic rings. The van der Waals surface area contributed by atoms with Crippen LogP contribution in [0, 0.1) is 0 Å². The molecule has 4 N–H and O–H groups in total. The van der Waals surface area contributed by atoms with Crippen molar-refractivity contribution < 1.29 is 75.8 Å². The molecule has 0 amide bonds. The largest absolute Gasteiger partial charge is 0.472 e. The first-order chi connectivity index (χ1) is 56.2. The van der Waals surface area contributed by atoms with Crippen molar-refractivity contribution in [3.63, 3.8) is 0 Å². The molecule has 0 aliphatic heterocycles. The summed E-state index contributed by atoms with van der Waals surface area (Å²) in [5, 5.41) is 20.7. The van der Waals surface area contributed by atoms with Crippen LogP contribution in [0.4, 0.5) is 0 Å². The molecular weight excluding hydrogens is 1480 g/mol. The summed E-state index contributed by atoms with van der Waals surface area (Å²) in [6.07, 6.45) is 113. The van der Waals surface area contributed by atoms with Crippen LogP contribution in [0.2, 0.25) is 0 Å². The van der Waals surface area contributed by atoms with E-state index in [9.17, 15) is 43.5 Å². The van der Waals surface area contributed by atoms with Crippen LogP contribution < -0.4 is 0 Å². The number of phosphoric ester groups is 2. The predicted octanol–water partition coefficient (Wildman–Crippen LogP) is 28.1. The van der Waals surface area contributed by atoms with Gasteiger partial charge in [-0.05, 0) is 154 Å². The van der Waals surface area contributed by atoms with E-state index in [0.29, 0.717) is 19.3 Å². The molecule has 0 fully saturated rings. The Morgan fingerprint density at radius 2 is 0.461 bits per heavy atom. The second kappa shape index (κ2) is 88.5. The van der Waals surface area contributed by atoms with Crippen molar-refractivity contribution in [3.05, 3.63) is 158 Å². The summed E-state index contributed by atoms with van der Waals surface area (Å²) >= 11 is 0. The Balaban J connectivity index is 4.68. The van der Waals surface area contributed by atoms with Crippen LogP contribution in [0.25, 0.3) is 0 Å². The number of esters is 3. The number of allylic oxidation sites excluding steroid dienone is 26. The Kier molecular flexibility index (Phi) is 84.7. The second-order valence-electron chi connectivity index (χ2n) is 30.4. The third-order valence-corrected chi connectivity index (χ3v) is 21.1. The molecule has 115 heavy (non-hydrogen) atoms. The number of rotatable bonds is 86. The summed E-state index contributed by atoms with van der Waals surface area (Å²) in [6.45, 7) is 2.54. The summed E-state index contributed by atoms with van der Waals surface area (Å²) in [7, 11) is -9.82. The fraction of sp³-hybridized carbons (Fsp3) is 0.701. The van der Waals surface area contributed by atoms with Crippen molar-refractivity contribution in [2.24, 2.45) is 0 Å². The van der Waals surface area contributed by atoms with Crippen molar-refractivity contribution >= 4 is 33.6 Å². The highest BCUT2D eigenvalue weighted by atomic mass is 31.2. The average Bonchev–Trinajstić information content (AvgIpc) is 0.889. The minimum Gasteiger partial charge on any atom is -0.463 e. The van der Waals surface area contributed by atoms with Gasteiger partial charge in [-0.3, -0.25) is 32.5 Å². The minimum absolute atomic E-state index is 0.0921. The van der Waals surface area contributed by atoms with E-state index in [1.165, 1.54) is 161 Å². The number of aliphatic hydroxyl groups excluding tert-OH is 2. The molecule has 0 aliphatic carbocycles. The quantitative estimate of drug-likeness (QED) is 0.0146. The Bertz CT molecular complexity index is 2720. The van der Waals surface area contributed by atoms with E-state index < -0.39 is 91.5 Å². The number of unbranched alkanes of at least 4 members (excludes halogenated alkanes) is 37. The highest BCUT2D eigenvalue weighted by Crippen LogP contribution is 2.45. The van der Waals surface area contributed by atoms with Gasteiger partial charge in [0.15, 0.2) is 6.10 Å². The van der Waals surface area contributed by atoms with Crippen LogP contribution in [-0.2, 0) is 55.8 Å². The first kappa shape index (κ1) is 110. The molecule has 0 aromatic carbocycles. The molecule has 0 rings (SSSR count). The highest BCUT2D eigenvalue weighted by Gasteiger charge is 2.29. The molecule has 5 atom stereocenters. The van der Waals surface area contributed by atoms with Gasteiger partial charge in [0.1, 0.15) is 25.4 Å². The monoisotopic (exact) mass is 1650 g/mol. The zero-order valence-corrected chi connectivity index (χ0v) is 74.5. The van der Waals surface area contributed by atoms with Gasteiger partial charge in [0.05, 0.1) is 26.4 Å². The Hall–Kier alpha value is -4.83. The third-order valence-electron chi connectivity index (χ3n) is 19.2. The van der Waals surface area contributed by atoms with Crippen LogP contribution in [0.1, 0.15) is 380 Å². The topological polar surface area (TPSA) is 231 Å². The molecule has 660 valence electrons. The van der Waals surface area contributed by atoms with E-state index in [0.717, 1.165) is 161 Å². The van der Waals surface area contributed by atoms with Gasteiger partial charge < -0.3 is 34.2 Å². The number of hydrogen-bond donors (Lipinski definition) is 4. The molecule has 0 aromatic rings. The average molecular weight is 1650 g/mol.